The zero-order valence-corrected chi connectivity index (χ0v) is 18.5. The average molecular weight is 427 g/mol. The topological polar surface area (TPSA) is 59.0 Å². The summed E-state index contributed by atoms with van der Waals surface area (Å²) in [6.45, 7) is 6.37. The Hall–Kier alpha value is -1.30. The quantitative estimate of drug-likeness (QED) is 0.736. The Labute approximate surface area is 179 Å². The van der Waals surface area contributed by atoms with Gasteiger partial charge in [0.1, 0.15) is 5.82 Å². The molecule has 0 spiro atoms. The van der Waals surface area contributed by atoms with Crippen molar-refractivity contribution in [3.8, 4) is 0 Å². The Bertz CT molecular complexity index is 795. The second-order valence-electron chi connectivity index (χ2n) is 8.39. The molecule has 1 aromatic heterocycles. The molecule has 1 amide bonds. The summed E-state index contributed by atoms with van der Waals surface area (Å²) in [6, 6.07) is 9.68. The summed E-state index contributed by atoms with van der Waals surface area (Å²) in [5, 5.41) is 6.86. The van der Waals surface area contributed by atoms with E-state index >= 15 is 0 Å². The fourth-order valence-corrected chi connectivity index (χ4v) is 4.88. The molecule has 3 heterocycles. The fraction of sp³-hybridized carbons (Fsp3) is 0.619. The van der Waals surface area contributed by atoms with Crippen molar-refractivity contribution >= 4 is 41.8 Å². The number of carbonyl (C=O) groups is 1. The molecule has 2 N–H and O–H groups in total. The molecule has 2 aliphatic heterocycles. The van der Waals surface area contributed by atoms with Crippen LogP contribution in [0.25, 0.3) is 11.0 Å². The lowest BCUT2D eigenvalue weighted by atomic mass is 9.89. The zero-order chi connectivity index (χ0) is 18.3. The van der Waals surface area contributed by atoms with E-state index in [-0.39, 0.29) is 36.8 Å². The molecule has 0 aliphatic carbocycles. The molecule has 2 fully saturated rings. The number of imidazole rings is 1. The van der Waals surface area contributed by atoms with E-state index < -0.39 is 0 Å². The number of piperidine rings is 1. The van der Waals surface area contributed by atoms with Gasteiger partial charge in [-0.05, 0) is 64.5 Å². The molecule has 7 heteroatoms. The number of aromatic nitrogens is 2. The van der Waals surface area contributed by atoms with Crippen molar-refractivity contribution in [1.29, 1.82) is 0 Å². The van der Waals surface area contributed by atoms with Gasteiger partial charge in [-0.1, -0.05) is 12.1 Å². The second-order valence-corrected chi connectivity index (χ2v) is 8.39. The normalized spacial score (nSPS) is 24.5. The monoisotopic (exact) mass is 426 g/mol. The van der Waals surface area contributed by atoms with Gasteiger partial charge in [0.15, 0.2) is 0 Å². The van der Waals surface area contributed by atoms with Crippen LogP contribution in [-0.2, 0) is 4.79 Å². The lowest BCUT2D eigenvalue weighted by molar-refractivity contribution is -0.123. The van der Waals surface area contributed by atoms with Crippen molar-refractivity contribution in [2.24, 2.45) is 5.92 Å². The molecule has 3 atom stereocenters. The number of rotatable bonds is 5. The van der Waals surface area contributed by atoms with Crippen molar-refractivity contribution in [2.45, 2.75) is 77.0 Å². The zero-order valence-electron chi connectivity index (χ0n) is 16.9. The first kappa shape index (κ1) is 23.0. The van der Waals surface area contributed by atoms with Crippen LogP contribution in [0.3, 0.4) is 0 Å². The number of benzene rings is 1. The summed E-state index contributed by atoms with van der Waals surface area (Å²) >= 11 is 0. The summed E-state index contributed by atoms with van der Waals surface area (Å²) in [7, 11) is 0. The van der Waals surface area contributed by atoms with Crippen LogP contribution in [-0.4, -0.2) is 27.5 Å². The van der Waals surface area contributed by atoms with E-state index in [9.17, 15) is 4.79 Å². The van der Waals surface area contributed by atoms with Crippen LogP contribution in [0.15, 0.2) is 24.3 Å². The molecule has 156 valence electrons. The summed E-state index contributed by atoms with van der Waals surface area (Å²) in [6.07, 6.45) is 5.47. The smallest absolute Gasteiger partial charge is 0.220 e. The predicted molar refractivity (Wildman–Crippen MR) is 118 cm³/mol. The van der Waals surface area contributed by atoms with Gasteiger partial charge in [0.2, 0.25) is 5.91 Å². The lowest BCUT2D eigenvalue weighted by Crippen LogP contribution is -2.40. The molecule has 0 saturated carbocycles. The van der Waals surface area contributed by atoms with Crippen LogP contribution >= 0.6 is 24.8 Å². The van der Waals surface area contributed by atoms with Gasteiger partial charge in [0.05, 0.1) is 17.1 Å². The predicted octanol–water partition coefficient (Wildman–Crippen LogP) is 4.56. The van der Waals surface area contributed by atoms with Gasteiger partial charge in [-0.2, -0.15) is 0 Å². The molecule has 3 unspecified atom stereocenters. The summed E-state index contributed by atoms with van der Waals surface area (Å²) < 4.78 is 2.24. The Balaban J connectivity index is 0.00000140. The molecular weight excluding hydrogens is 395 g/mol. The number of nitrogens with zero attached hydrogens (tertiary/aromatic N) is 2. The molecule has 0 radical (unpaired) electrons. The number of carbonyl (C=O) groups excluding carboxylic acids is 1. The maximum absolute atomic E-state index is 12.7. The van der Waals surface area contributed by atoms with Crippen LogP contribution in [0.4, 0.5) is 0 Å². The number of nitrogens with one attached hydrogen (secondary N) is 2. The van der Waals surface area contributed by atoms with Crippen LogP contribution in [0, 0.1) is 5.92 Å². The van der Waals surface area contributed by atoms with Crippen molar-refractivity contribution < 1.29 is 4.79 Å². The van der Waals surface area contributed by atoms with E-state index in [2.05, 4.69) is 35.1 Å². The van der Waals surface area contributed by atoms with Gasteiger partial charge in [-0.15, -0.1) is 24.8 Å². The van der Waals surface area contributed by atoms with Crippen LogP contribution in [0.2, 0.25) is 0 Å². The van der Waals surface area contributed by atoms with Gasteiger partial charge in [-0.25, -0.2) is 4.98 Å². The SMILES string of the molecule is CC(NC(=O)CC1CC2CCC(C1)N2)c1nc2ccccc2n1C(C)C.Cl.Cl. The Morgan fingerprint density at radius 1 is 1.18 bits per heavy atom. The molecule has 1 aromatic carbocycles. The van der Waals surface area contributed by atoms with Crippen LogP contribution < -0.4 is 10.6 Å². The van der Waals surface area contributed by atoms with Gasteiger partial charge in [0, 0.05) is 24.5 Å². The standard InChI is InChI=1S/C21H30N4O.2ClH/c1-13(2)25-19-7-5-4-6-18(19)24-21(25)14(3)22-20(26)12-15-10-16-8-9-17(11-15)23-16;;/h4-7,13-17,23H,8-12H2,1-3H3,(H,22,26);2*1H. The van der Waals surface area contributed by atoms with E-state index in [0.717, 1.165) is 29.7 Å². The minimum Gasteiger partial charge on any atom is -0.346 e. The third-order valence-corrected chi connectivity index (χ3v) is 5.95. The molecule has 28 heavy (non-hydrogen) atoms. The van der Waals surface area contributed by atoms with Crippen molar-refractivity contribution in [3.63, 3.8) is 0 Å². The van der Waals surface area contributed by atoms with E-state index in [4.69, 9.17) is 4.98 Å². The van der Waals surface area contributed by atoms with Gasteiger partial charge < -0.3 is 15.2 Å². The lowest BCUT2D eigenvalue weighted by Gasteiger charge is -2.29. The first-order chi connectivity index (χ1) is 12.5. The third kappa shape index (κ3) is 4.64. The van der Waals surface area contributed by atoms with Crippen molar-refractivity contribution in [1.82, 2.24) is 20.2 Å². The van der Waals surface area contributed by atoms with Crippen LogP contribution in [0.5, 0.6) is 0 Å². The largest absolute Gasteiger partial charge is 0.346 e. The summed E-state index contributed by atoms with van der Waals surface area (Å²) in [4.78, 5) is 17.5. The summed E-state index contributed by atoms with van der Waals surface area (Å²) in [5.74, 6) is 1.62. The maximum atomic E-state index is 12.7. The first-order valence-corrected chi connectivity index (χ1v) is 10.0. The van der Waals surface area contributed by atoms with E-state index in [1.54, 1.807) is 0 Å². The fourth-order valence-electron chi connectivity index (χ4n) is 4.88. The molecule has 5 nitrogen and oxygen atoms in total. The molecule has 2 aliphatic rings. The first-order valence-electron chi connectivity index (χ1n) is 10.0. The Kier molecular flexibility index (Phi) is 7.77. The summed E-state index contributed by atoms with van der Waals surface area (Å²) in [5.41, 5.74) is 2.13. The Morgan fingerprint density at radius 2 is 1.82 bits per heavy atom. The molecule has 2 aromatic rings. The van der Waals surface area contributed by atoms with Crippen molar-refractivity contribution in [3.05, 3.63) is 30.1 Å². The third-order valence-electron chi connectivity index (χ3n) is 5.95. The Morgan fingerprint density at radius 3 is 2.46 bits per heavy atom. The van der Waals surface area contributed by atoms with Gasteiger partial charge in [0.25, 0.3) is 0 Å². The highest BCUT2D eigenvalue weighted by Gasteiger charge is 2.34. The number of hydrogen-bond acceptors (Lipinski definition) is 3. The number of halogens is 2. The molecule has 2 bridgehead atoms. The van der Waals surface area contributed by atoms with Gasteiger partial charge in [-0.3, -0.25) is 4.79 Å². The second kappa shape index (κ2) is 9.47. The van der Waals surface area contributed by atoms with Crippen LogP contribution in [0.1, 0.15) is 70.8 Å². The van der Waals surface area contributed by atoms with E-state index in [1.165, 1.54) is 12.8 Å². The minimum atomic E-state index is -0.0873. The van der Waals surface area contributed by atoms with E-state index in [1.807, 2.05) is 25.1 Å². The van der Waals surface area contributed by atoms with Gasteiger partial charge >= 0.3 is 0 Å². The highest BCUT2D eigenvalue weighted by Crippen LogP contribution is 2.33. The van der Waals surface area contributed by atoms with E-state index in [0.29, 0.717) is 30.5 Å². The molecule has 4 rings (SSSR count). The molecular formula is C21H32Cl2N4O. The highest BCUT2D eigenvalue weighted by atomic mass is 35.5. The number of hydrogen-bond donors (Lipinski definition) is 2. The number of amides is 1. The minimum absolute atomic E-state index is 0. The van der Waals surface area contributed by atoms with Crippen molar-refractivity contribution in [2.75, 3.05) is 0 Å². The average Bonchev–Trinajstić information content (AvgIpc) is 3.14. The maximum Gasteiger partial charge on any atom is 0.220 e. The number of fused-ring (bicyclic) bond motifs is 3. The highest BCUT2D eigenvalue weighted by molar-refractivity contribution is 5.85. The number of para-hydroxylation sites is 2. The molecule has 2 saturated heterocycles.